The third-order valence-electron chi connectivity index (χ3n) is 2.69. The highest BCUT2D eigenvalue weighted by atomic mass is 35.5. The van der Waals surface area contributed by atoms with Crippen molar-refractivity contribution >= 4 is 17.3 Å². The van der Waals surface area contributed by atoms with Crippen molar-refractivity contribution < 1.29 is 0 Å². The van der Waals surface area contributed by atoms with Gasteiger partial charge in [-0.05, 0) is 37.1 Å². The summed E-state index contributed by atoms with van der Waals surface area (Å²) in [5.41, 5.74) is 3.73. The Hall–Kier alpha value is -1.47. The lowest BCUT2D eigenvalue weighted by Gasteiger charge is -2.07. The minimum atomic E-state index is 0.769. The van der Waals surface area contributed by atoms with Crippen LogP contribution in [0.4, 0.5) is 5.69 Å². The largest absolute Gasteiger partial charge is 0.385 e. The van der Waals surface area contributed by atoms with Gasteiger partial charge < -0.3 is 5.32 Å². The molecule has 2 heteroatoms. The molecule has 2 aromatic rings. The van der Waals surface area contributed by atoms with Crippen molar-refractivity contribution in [1.82, 2.24) is 0 Å². The molecule has 0 unspecified atom stereocenters. The number of hydrogen-bond donors (Lipinski definition) is 1. The summed E-state index contributed by atoms with van der Waals surface area (Å²) in [6.45, 7) is 3.03. The predicted molar refractivity (Wildman–Crippen MR) is 74.8 cm³/mol. The first-order valence-corrected chi connectivity index (χ1v) is 6.17. The van der Waals surface area contributed by atoms with Crippen LogP contribution >= 0.6 is 11.6 Å². The lowest BCUT2D eigenvalue weighted by Crippen LogP contribution is -2.04. The summed E-state index contributed by atoms with van der Waals surface area (Å²) in [5, 5.41) is 4.13. The molecule has 1 N–H and O–H groups in total. The molecule has 0 radical (unpaired) electrons. The van der Waals surface area contributed by atoms with E-state index < -0.39 is 0 Å². The van der Waals surface area contributed by atoms with Crippen LogP contribution in [0, 0.1) is 6.92 Å². The number of aryl methyl sites for hydroxylation is 1. The Kier molecular flexibility index (Phi) is 4.05. The minimum Gasteiger partial charge on any atom is -0.385 e. The average Bonchev–Trinajstić information content (AvgIpc) is 2.32. The second kappa shape index (κ2) is 5.74. The second-order valence-electron chi connectivity index (χ2n) is 4.17. The normalized spacial score (nSPS) is 10.2. The summed E-state index contributed by atoms with van der Waals surface area (Å²) in [7, 11) is 0. The Labute approximate surface area is 107 Å². The van der Waals surface area contributed by atoms with E-state index in [9.17, 15) is 0 Å². The maximum atomic E-state index is 5.92. The Morgan fingerprint density at radius 3 is 2.53 bits per heavy atom. The van der Waals surface area contributed by atoms with Gasteiger partial charge in [-0.2, -0.15) is 0 Å². The summed E-state index contributed by atoms with van der Waals surface area (Å²) >= 11 is 5.92. The molecule has 88 valence electrons. The highest BCUT2D eigenvalue weighted by Crippen LogP contribution is 2.14. The van der Waals surface area contributed by atoms with E-state index >= 15 is 0 Å². The Bertz CT molecular complexity index is 477. The molecule has 2 rings (SSSR count). The third-order valence-corrected chi connectivity index (χ3v) is 2.92. The number of anilines is 1. The van der Waals surface area contributed by atoms with Gasteiger partial charge in [0.1, 0.15) is 0 Å². The molecule has 1 nitrogen and oxygen atoms in total. The molecular formula is C15H16ClN. The summed E-state index contributed by atoms with van der Waals surface area (Å²) in [4.78, 5) is 0. The lowest BCUT2D eigenvalue weighted by atomic mass is 10.1. The topological polar surface area (TPSA) is 12.0 Å². The lowest BCUT2D eigenvalue weighted by molar-refractivity contribution is 1.02. The zero-order valence-corrected chi connectivity index (χ0v) is 10.7. The van der Waals surface area contributed by atoms with Gasteiger partial charge in [-0.3, -0.25) is 0 Å². The monoisotopic (exact) mass is 245 g/mol. The van der Waals surface area contributed by atoms with E-state index in [1.165, 1.54) is 11.1 Å². The molecule has 0 saturated carbocycles. The Balaban J connectivity index is 1.85. The van der Waals surface area contributed by atoms with Crippen LogP contribution in [0.1, 0.15) is 11.1 Å². The molecule has 0 aliphatic rings. The molecule has 0 aliphatic carbocycles. The highest BCUT2D eigenvalue weighted by molar-refractivity contribution is 6.30. The van der Waals surface area contributed by atoms with Crippen LogP contribution in [0.3, 0.4) is 0 Å². The number of benzene rings is 2. The Morgan fingerprint density at radius 1 is 1.06 bits per heavy atom. The van der Waals surface area contributed by atoms with Crippen LogP contribution in [0.25, 0.3) is 0 Å². The molecule has 0 bridgehead atoms. The molecule has 0 aromatic heterocycles. The van der Waals surface area contributed by atoms with Crippen molar-refractivity contribution in [3.05, 3.63) is 64.7 Å². The molecule has 17 heavy (non-hydrogen) atoms. The zero-order chi connectivity index (χ0) is 12.1. The van der Waals surface area contributed by atoms with Crippen LogP contribution in [-0.2, 0) is 6.42 Å². The SMILES string of the molecule is Cc1ccc(CCNc2cccc(Cl)c2)cc1. The van der Waals surface area contributed by atoms with Crippen LogP contribution in [0.15, 0.2) is 48.5 Å². The molecule has 0 aliphatic heterocycles. The van der Waals surface area contributed by atoms with Crippen molar-refractivity contribution in [1.29, 1.82) is 0 Å². The van der Waals surface area contributed by atoms with Gasteiger partial charge in [0.15, 0.2) is 0 Å². The van der Waals surface area contributed by atoms with Gasteiger partial charge in [0.25, 0.3) is 0 Å². The number of rotatable bonds is 4. The maximum Gasteiger partial charge on any atom is 0.0426 e. The van der Waals surface area contributed by atoms with Crippen LogP contribution in [0.5, 0.6) is 0 Å². The molecule has 0 spiro atoms. The van der Waals surface area contributed by atoms with Crippen molar-refractivity contribution in [3.8, 4) is 0 Å². The van der Waals surface area contributed by atoms with Crippen molar-refractivity contribution in [2.45, 2.75) is 13.3 Å². The molecule has 0 atom stereocenters. The van der Waals surface area contributed by atoms with Gasteiger partial charge in [0.2, 0.25) is 0 Å². The average molecular weight is 246 g/mol. The fraction of sp³-hybridized carbons (Fsp3) is 0.200. The van der Waals surface area contributed by atoms with Gasteiger partial charge in [0.05, 0.1) is 0 Å². The van der Waals surface area contributed by atoms with E-state index in [1.807, 2.05) is 24.3 Å². The van der Waals surface area contributed by atoms with Gasteiger partial charge in [-0.25, -0.2) is 0 Å². The summed E-state index contributed by atoms with van der Waals surface area (Å²) < 4.78 is 0. The van der Waals surface area contributed by atoms with E-state index in [2.05, 4.69) is 36.5 Å². The van der Waals surface area contributed by atoms with Crippen molar-refractivity contribution in [2.75, 3.05) is 11.9 Å². The highest BCUT2D eigenvalue weighted by Gasteiger charge is 1.95. The van der Waals surface area contributed by atoms with Crippen LogP contribution in [0.2, 0.25) is 5.02 Å². The van der Waals surface area contributed by atoms with E-state index in [0.717, 1.165) is 23.7 Å². The van der Waals surface area contributed by atoms with Crippen LogP contribution in [-0.4, -0.2) is 6.54 Å². The maximum absolute atomic E-state index is 5.92. The molecular weight excluding hydrogens is 230 g/mol. The number of hydrogen-bond acceptors (Lipinski definition) is 1. The third kappa shape index (κ3) is 3.79. The van der Waals surface area contributed by atoms with E-state index in [1.54, 1.807) is 0 Å². The quantitative estimate of drug-likeness (QED) is 0.847. The first-order chi connectivity index (χ1) is 8.24. The van der Waals surface area contributed by atoms with Gasteiger partial charge >= 0.3 is 0 Å². The number of nitrogens with one attached hydrogen (secondary N) is 1. The fourth-order valence-corrected chi connectivity index (χ4v) is 1.89. The van der Waals surface area contributed by atoms with Gasteiger partial charge in [-0.1, -0.05) is 47.5 Å². The molecule has 0 fully saturated rings. The zero-order valence-electron chi connectivity index (χ0n) is 9.91. The van der Waals surface area contributed by atoms with E-state index in [4.69, 9.17) is 11.6 Å². The minimum absolute atomic E-state index is 0.769. The standard InChI is InChI=1S/C15H16ClN/c1-12-5-7-13(8-6-12)9-10-17-15-4-2-3-14(16)11-15/h2-8,11,17H,9-10H2,1H3. The van der Waals surface area contributed by atoms with Crippen LogP contribution < -0.4 is 5.32 Å². The van der Waals surface area contributed by atoms with Gasteiger partial charge in [0, 0.05) is 17.3 Å². The number of halogens is 1. The van der Waals surface area contributed by atoms with Crippen molar-refractivity contribution in [2.24, 2.45) is 0 Å². The van der Waals surface area contributed by atoms with E-state index in [-0.39, 0.29) is 0 Å². The fourth-order valence-electron chi connectivity index (χ4n) is 1.70. The predicted octanol–water partition coefficient (Wildman–Crippen LogP) is 4.30. The van der Waals surface area contributed by atoms with E-state index in [0.29, 0.717) is 0 Å². The smallest absolute Gasteiger partial charge is 0.0426 e. The van der Waals surface area contributed by atoms with Gasteiger partial charge in [-0.15, -0.1) is 0 Å². The summed E-state index contributed by atoms with van der Waals surface area (Å²) in [5.74, 6) is 0. The molecule has 2 aromatic carbocycles. The van der Waals surface area contributed by atoms with Crippen molar-refractivity contribution in [3.63, 3.8) is 0 Å². The molecule has 0 saturated heterocycles. The second-order valence-corrected chi connectivity index (χ2v) is 4.61. The Morgan fingerprint density at radius 2 is 1.82 bits per heavy atom. The summed E-state index contributed by atoms with van der Waals surface area (Å²) in [6, 6.07) is 16.5. The first kappa shape index (κ1) is 12.0. The summed E-state index contributed by atoms with van der Waals surface area (Å²) in [6.07, 6.45) is 1.02. The molecule has 0 heterocycles. The first-order valence-electron chi connectivity index (χ1n) is 5.79. The molecule has 0 amide bonds.